The molecular formula is C19H23FN6O. The summed E-state index contributed by atoms with van der Waals surface area (Å²) in [5, 5.41) is 8.54. The Kier molecular flexibility index (Phi) is 4.65. The van der Waals surface area contributed by atoms with Crippen molar-refractivity contribution in [2.75, 3.05) is 32.1 Å². The highest BCUT2D eigenvalue weighted by Crippen LogP contribution is 2.26. The predicted octanol–water partition coefficient (Wildman–Crippen LogP) is 2.16. The Hall–Kier alpha value is -2.74. The first-order valence-electron chi connectivity index (χ1n) is 9.07. The van der Waals surface area contributed by atoms with Crippen molar-refractivity contribution < 1.29 is 9.13 Å². The van der Waals surface area contributed by atoms with Gasteiger partial charge < -0.3 is 9.64 Å². The number of benzene rings is 1. The third-order valence-electron chi connectivity index (χ3n) is 5.13. The molecule has 3 heterocycles. The van der Waals surface area contributed by atoms with E-state index >= 15 is 0 Å². The van der Waals surface area contributed by atoms with E-state index in [-0.39, 0.29) is 11.6 Å². The number of ether oxygens (including phenoxy) is 1. The molecule has 0 spiro atoms. The first kappa shape index (κ1) is 17.7. The predicted molar refractivity (Wildman–Crippen MR) is 101 cm³/mol. The van der Waals surface area contributed by atoms with E-state index < -0.39 is 0 Å². The summed E-state index contributed by atoms with van der Waals surface area (Å²) in [6.07, 6.45) is 4.52. The standard InChI is InChI=1S/C19H23FN6O/c1-4-17-22-23-19-18(21-7-8-26(17)19)25-11-14(12-25)24(2)10-13-5-6-16(27-3)15(20)9-13/h5-9,14H,4,10-12H2,1-3H3. The molecule has 2 aromatic heterocycles. The average molecular weight is 370 g/mol. The van der Waals surface area contributed by atoms with Crippen molar-refractivity contribution in [1.82, 2.24) is 24.5 Å². The van der Waals surface area contributed by atoms with Crippen LogP contribution in [0.5, 0.6) is 5.75 Å². The Morgan fingerprint density at radius 2 is 2.11 bits per heavy atom. The lowest BCUT2D eigenvalue weighted by molar-refractivity contribution is 0.196. The zero-order valence-corrected chi connectivity index (χ0v) is 15.8. The highest BCUT2D eigenvalue weighted by atomic mass is 19.1. The lowest BCUT2D eigenvalue weighted by Gasteiger charge is -2.44. The summed E-state index contributed by atoms with van der Waals surface area (Å²) in [5.74, 6) is 1.75. The lowest BCUT2D eigenvalue weighted by atomic mass is 10.1. The van der Waals surface area contributed by atoms with Crippen LogP contribution in [0.3, 0.4) is 0 Å². The summed E-state index contributed by atoms with van der Waals surface area (Å²) in [4.78, 5) is 8.95. The van der Waals surface area contributed by atoms with Crippen molar-refractivity contribution >= 4 is 11.5 Å². The Bertz CT molecular complexity index is 953. The summed E-state index contributed by atoms with van der Waals surface area (Å²) >= 11 is 0. The van der Waals surface area contributed by atoms with Crippen molar-refractivity contribution in [2.45, 2.75) is 25.9 Å². The SMILES string of the molecule is CCc1nnc2c(N3CC(N(C)Cc4ccc(OC)c(F)c4)C3)nccn12. The number of aromatic nitrogens is 4. The minimum Gasteiger partial charge on any atom is -0.494 e. The molecule has 0 bridgehead atoms. The van der Waals surface area contributed by atoms with Gasteiger partial charge in [0, 0.05) is 44.5 Å². The number of halogens is 1. The second-order valence-electron chi connectivity index (χ2n) is 6.86. The molecular weight excluding hydrogens is 347 g/mol. The van der Waals surface area contributed by atoms with Crippen LogP contribution in [0.2, 0.25) is 0 Å². The first-order valence-corrected chi connectivity index (χ1v) is 9.07. The van der Waals surface area contributed by atoms with Crippen molar-refractivity contribution in [3.8, 4) is 5.75 Å². The number of methoxy groups -OCH3 is 1. The van der Waals surface area contributed by atoms with Gasteiger partial charge in [0.2, 0.25) is 5.65 Å². The largest absolute Gasteiger partial charge is 0.494 e. The first-order chi connectivity index (χ1) is 13.1. The topological polar surface area (TPSA) is 58.8 Å². The van der Waals surface area contributed by atoms with Crippen molar-refractivity contribution in [1.29, 1.82) is 0 Å². The van der Waals surface area contributed by atoms with Gasteiger partial charge in [-0.3, -0.25) is 9.30 Å². The van der Waals surface area contributed by atoms with E-state index in [0.717, 1.165) is 42.4 Å². The Balaban J connectivity index is 1.42. The normalized spacial score (nSPS) is 14.8. The molecule has 8 heteroatoms. The fraction of sp³-hybridized carbons (Fsp3) is 0.421. The number of hydrogen-bond donors (Lipinski definition) is 0. The summed E-state index contributed by atoms with van der Waals surface area (Å²) in [6.45, 7) is 4.46. The van der Waals surface area contributed by atoms with Gasteiger partial charge in [0.25, 0.3) is 0 Å². The molecule has 0 amide bonds. The van der Waals surface area contributed by atoms with Gasteiger partial charge in [-0.2, -0.15) is 0 Å². The molecule has 1 aromatic carbocycles. The average Bonchev–Trinajstić information content (AvgIpc) is 3.04. The molecule has 0 radical (unpaired) electrons. The molecule has 1 saturated heterocycles. The summed E-state index contributed by atoms with van der Waals surface area (Å²) in [5.41, 5.74) is 1.73. The van der Waals surface area contributed by atoms with Gasteiger partial charge in [-0.25, -0.2) is 9.37 Å². The number of aryl methyl sites for hydroxylation is 1. The molecule has 0 saturated carbocycles. The van der Waals surface area contributed by atoms with Crippen LogP contribution in [0.4, 0.5) is 10.2 Å². The molecule has 1 aliphatic heterocycles. The van der Waals surface area contributed by atoms with Gasteiger partial charge in [-0.15, -0.1) is 10.2 Å². The van der Waals surface area contributed by atoms with E-state index in [2.05, 4.69) is 39.0 Å². The van der Waals surface area contributed by atoms with Gasteiger partial charge in [0.1, 0.15) is 5.82 Å². The minimum absolute atomic E-state index is 0.273. The molecule has 7 nitrogen and oxygen atoms in total. The molecule has 0 N–H and O–H groups in total. The summed E-state index contributed by atoms with van der Waals surface area (Å²) in [7, 11) is 3.53. The zero-order chi connectivity index (χ0) is 19.0. The second-order valence-corrected chi connectivity index (χ2v) is 6.86. The second kappa shape index (κ2) is 7.11. The molecule has 1 aliphatic rings. The van der Waals surface area contributed by atoms with E-state index in [4.69, 9.17) is 4.74 Å². The van der Waals surface area contributed by atoms with Gasteiger partial charge in [0.05, 0.1) is 7.11 Å². The minimum atomic E-state index is -0.326. The van der Waals surface area contributed by atoms with Crippen LogP contribution >= 0.6 is 0 Å². The van der Waals surface area contributed by atoms with Gasteiger partial charge >= 0.3 is 0 Å². The fourth-order valence-corrected chi connectivity index (χ4v) is 3.46. The maximum atomic E-state index is 13.9. The molecule has 1 fully saturated rings. The van der Waals surface area contributed by atoms with Crippen LogP contribution in [0.25, 0.3) is 5.65 Å². The van der Waals surface area contributed by atoms with Crippen LogP contribution in [0, 0.1) is 5.82 Å². The number of hydrogen-bond acceptors (Lipinski definition) is 6. The summed E-state index contributed by atoms with van der Waals surface area (Å²) in [6, 6.07) is 5.49. The Morgan fingerprint density at radius 1 is 1.30 bits per heavy atom. The smallest absolute Gasteiger partial charge is 0.203 e. The zero-order valence-electron chi connectivity index (χ0n) is 15.8. The van der Waals surface area contributed by atoms with Gasteiger partial charge in [-0.05, 0) is 24.7 Å². The molecule has 142 valence electrons. The maximum absolute atomic E-state index is 13.9. The molecule has 27 heavy (non-hydrogen) atoms. The molecule has 0 atom stereocenters. The third-order valence-corrected chi connectivity index (χ3v) is 5.13. The van der Waals surface area contributed by atoms with Crippen LogP contribution in [-0.4, -0.2) is 57.8 Å². The lowest BCUT2D eigenvalue weighted by Crippen LogP contribution is -2.58. The maximum Gasteiger partial charge on any atom is 0.203 e. The molecule has 4 rings (SSSR count). The number of nitrogens with zero attached hydrogens (tertiary/aromatic N) is 6. The van der Waals surface area contributed by atoms with Gasteiger partial charge in [0.15, 0.2) is 17.4 Å². The van der Waals surface area contributed by atoms with Crippen molar-refractivity contribution in [2.24, 2.45) is 0 Å². The van der Waals surface area contributed by atoms with Gasteiger partial charge in [-0.1, -0.05) is 13.0 Å². The molecule has 0 unspecified atom stereocenters. The monoisotopic (exact) mass is 370 g/mol. The number of rotatable bonds is 6. The Morgan fingerprint density at radius 3 is 2.81 bits per heavy atom. The van der Waals surface area contributed by atoms with Crippen LogP contribution in [0.15, 0.2) is 30.6 Å². The number of fused-ring (bicyclic) bond motifs is 1. The molecule has 3 aromatic rings. The fourth-order valence-electron chi connectivity index (χ4n) is 3.46. The number of anilines is 1. The van der Waals surface area contributed by atoms with Crippen molar-refractivity contribution in [3.05, 3.63) is 47.8 Å². The van der Waals surface area contributed by atoms with E-state index in [1.165, 1.54) is 13.2 Å². The highest BCUT2D eigenvalue weighted by molar-refractivity contribution is 5.65. The van der Waals surface area contributed by atoms with Crippen molar-refractivity contribution in [3.63, 3.8) is 0 Å². The summed E-state index contributed by atoms with van der Waals surface area (Å²) < 4.78 is 20.9. The van der Waals surface area contributed by atoms with E-state index in [9.17, 15) is 4.39 Å². The van der Waals surface area contributed by atoms with Crippen LogP contribution in [-0.2, 0) is 13.0 Å². The highest BCUT2D eigenvalue weighted by Gasteiger charge is 2.32. The third kappa shape index (κ3) is 3.21. The number of likely N-dealkylation sites (N-methyl/N-ethyl adjacent to an activating group) is 1. The van der Waals surface area contributed by atoms with E-state index in [1.807, 2.05) is 16.7 Å². The van der Waals surface area contributed by atoms with E-state index in [0.29, 0.717) is 12.6 Å². The molecule has 0 aliphatic carbocycles. The van der Waals surface area contributed by atoms with E-state index in [1.54, 1.807) is 12.3 Å². The van der Waals surface area contributed by atoms with Crippen LogP contribution < -0.4 is 9.64 Å². The van der Waals surface area contributed by atoms with Crippen LogP contribution in [0.1, 0.15) is 18.3 Å². The Labute approximate surface area is 157 Å². The quantitative estimate of drug-likeness (QED) is 0.663.